The van der Waals surface area contributed by atoms with Crippen LogP contribution in [0.4, 0.5) is 0 Å². The molecule has 0 saturated carbocycles. The van der Waals surface area contributed by atoms with Crippen LogP contribution in [-0.4, -0.2) is 21.6 Å². The molecule has 15 heavy (non-hydrogen) atoms. The summed E-state index contributed by atoms with van der Waals surface area (Å²) < 4.78 is 0.949. The first-order chi connectivity index (χ1) is 7.06. The predicted octanol–water partition coefficient (Wildman–Crippen LogP) is 2.94. The van der Waals surface area contributed by atoms with Crippen LogP contribution in [0, 0.1) is 6.92 Å². The lowest BCUT2D eigenvalue weighted by Crippen LogP contribution is -2.18. The third-order valence-electron chi connectivity index (χ3n) is 2.31. The summed E-state index contributed by atoms with van der Waals surface area (Å²) in [4.78, 5) is 0. The largest absolute Gasteiger partial charge is 0.390 e. The van der Waals surface area contributed by atoms with Crippen molar-refractivity contribution >= 4 is 31.9 Å². The smallest absolute Gasteiger partial charge is 0.105 e. The van der Waals surface area contributed by atoms with E-state index < -0.39 is 12.2 Å². The Morgan fingerprint density at radius 2 is 2.00 bits per heavy atom. The molecule has 0 radical (unpaired) electrons. The van der Waals surface area contributed by atoms with Crippen molar-refractivity contribution in [1.82, 2.24) is 0 Å². The van der Waals surface area contributed by atoms with Crippen LogP contribution in [0.15, 0.2) is 22.7 Å². The van der Waals surface area contributed by atoms with Crippen LogP contribution in [-0.2, 0) is 0 Å². The van der Waals surface area contributed by atoms with Crippen LogP contribution >= 0.6 is 31.9 Å². The Labute approximate surface area is 107 Å². The van der Waals surface area contributed by atoms with Crippen LogP contribution < -0.4 is 0 Å². The van der Waals surface area contributed by atoms with E-state index >= 15 is 0 Å². The number of benzene rings is 1. The molecule has 0 saturated heterocycles. The Bertz CT molecular complexity index is 328. The van der Waals surface area contributed by atoms with E-state index in [4.69, 9.17) is 0 Å². The maximum Gasteiger partial charge on any atom is 0.105 e. The van der Waals surface area contributed by atoms with Gasteiger partial charge in [-0.05, 0) is 30.5 Å². The summed E-state index contributed by atoms with van der Waals surface area (Å²) in [7, 11) is 0. The minimum absolute atomic E-state index is 0.534. The zero-order valence-electron chi connectivity index (χ0n) is 8.45. The van der Waals surface area contributed by atoms with Crippen LogP contribution in [0.3, 0.4) is 0 Å². The van der Waals surface area contributed by atoms with Gasteiger partial charge < -0.3 is 10.2 Å². The molecule has 0 amide bonds. The Balaban J connectivity index is 2.81. The molecule has 4 heteroatoms. The lowest BCUT2D eigenvalue weighted by atomic mass is 10.0. The minimum atomic E-state index is -0.820. The van der Waals surface area contributed by atoms with Crippen molar-refractivity contribution in [2.75, 3.05) is 5.33 Å². The molecule has 0 aromatic heterocycles. The first-order valence-electron chi connectivity index (χ1n) is 4.74. The second kappa shape index (κ2) is 5.99. The monoisotopic (exact) mass is 336 g/mol. The molecule has 0 aliphatic heterocycles. The number of halogens is 2. The molecule has 1 aromatic carbocycles. The van der Waals surface area contributed by atoms with Gasteiger partial charge >= 0.3 is 0 Å². The maximum absolute atomic E-state index is 9.84. The number of alkyl halides is 1. The van der Waals surface area contributed by atoms with Crippen molar-refractivity contribution in [3.8, 4) is 0 Å². The van der Waals surface area contributed by atoms with E-state index in [9.17, 15) is 10.2 Å². The number of aliphatic hydroxyl groups excluding tert-OH is 2. The van der Waals surface area contributed by atoms with Gasteiger partial charge in [0.1, 0.15) is 6.10 Å². The molecular formula is C11H14Br2O2. The van der Waals surface area contributed by atoms with E-state index in [2.05, 4.69) is 31.9 Å². The van der Waals surface area contributed by atoms with Crippen molar-refractivity contribution in [2.45, 2.75) is 25.6 Å². The molecule has 2 N–H and O–H groups in total. The highest BCUT2D eigenvalue weighted by Crippen LogP contribution is 2.24. The maximum atomic E-state index is 9.84. The van der Waals surface area contributed by atoms with Crippen molar-refractivity contribution < 1.29 is 10.2 Å². The fourth-order valence-corrected chi connectivity index (χ4v) is 2.15. The lowest BCUT2D eigenvalue weighted by molar-refractivity contribution is 0.0173. The summed E-state index contributed by atoms with van der Waals surface area (Å²) in [5, 5.41) is 20.2. The number of aliphatic hydroxyl groups is 2. The van der Waals surface area contributed by atoms with Gasteiger partial charge in [-0.25, -0.2) is 0 Å². The molecule has 0 heterocycles. The first-order valence-corrected chi connectivity index (χ1v) is 6.66. The summed E-state index contributed by atoms with van der Waals surface area (Å²) in [5.74, 6) is 0. The van der Waals surface area contributed by atoms with E-state index in [1.54, 1.807) is 0 Å². The van der Waals surface area contributed by atoms with Crippen molar-refractivity contribution in [2.24, 2.45) is 0 Å². The van der Waals surface area contributed by atoms with Gasteiger partial charge in [-0.2, -0.15) is 0 Å². The summed E-state index contributed by atoms with van der Waals surface area (Å²) in [6.07, 6.45) is -1.01. The summed E-state index contributed by atoms with van der Waals surface area (Å²) >= 11 is 6.64. The van der Waals surface area contributed by atoms with Gasteiger partial charge in [0.2, 0.25) is 0 Å². The summed E-state index contributed by atoms with van der Waals surface area (Å²) in [5.41, 5.74) is 1.85. The predicted molar refractivity (Wildman–Crippen MR) is 68.3 cm³/mol. The fraction of sp³-hybridized carbons (Fsp3) is 0.455. The second-order valence-electron chi connectivity index (χ2n) is 3.50. The van der Waals surface area contributed by atoms with Gasteiger partial charge in [-0.1, -0.05) is 44.0 Å². The van der Waals surface area contributed by atoms with E-state index in [0.717, 1.165) is 15.6 Å². The van der Waals surface area contributed by atoms with Gasteiger partial charge in [0.15, 0.2) is 0 Å². The Morgan fingerprint density at radius 1 is 1.33 bits per heavy atom. The average Bonchev–Trinajstić information content (AvgIpc) is 2.21. The SMILES string of the molecule is Cc1ccc(C(O)C(O)CCBr)cc1Br. The summed E-state index contributed by atoms with van der Waals surface area (Å²) in [6.45, 7) is 1.98. The summed E-state index contributed by atoms with van der Waals surface area (Å²) in [6, 6.07) is 5.60. The molecule has 0 aliphatic rings. The Kier molecular flexibility index (Phi) is 5.26. The highest BCUT2D eigenvalue weighted by Gasteiger charge is 2.17. The van der Waals surface area contributed by atoms with Crippen LogP contribution in [0.1, 0.15) is 23.7 Å². The van der Waals surface area contributed by atoms with Crippen LogP contribution in [0.2, 0.25) is 0 Å². The third kappa shape index (κ3) is 3.55. The van der Waals surface area contributed by atoms with Gasteiger partial charge in [0.05, 0.1) is 6.10 Å². The van der Waals surface area contributed by atoms with Crippen molar-refractivity contribution in [1.29, 1.82) is 0 Å². The van der Waals surface area contributed by atoms with Gasteiger partial charge in [-0.15, -0.1) is 0 Å². The average molecular weight is 338 g/mol. The van der Waals surface area contributed by atoms with E-state index in [1.165, 1.54) is 0 Å². The molecule has 1 aromatic rings. The second-order valence-corrected chi connectivity index (χ2v) is 5.15. The zero-order valence-corrected chi connectivity index (χ0v) is 11.6. The zero-order chi connectivity index (χ0) is 11.4. The molecule has 1 rings (SSSR count). The number of aryl methyl sites for hydroxylation is 1. The van der Waals surface area contributed by atoms with E-state index in [-0.39, 0.29) is 0 Å². The first kappa shape index (κ1) is 13.2. The highest BCUT2D eigenvalue weighted by molar-refractivity contribution is 9.10. The molecule has 0 fully saturated rings. The van der Waals surface area contributed by atoms with Crippen molar-refractivity contribution in [3.63, 3.8) is 0 Å². The van der Waals surface area contributed by atoms with Crippen molar-refractivity contribution in [3.05, 3.63) is 33.8 Å². The molecule has 2 nitrogen and oxygen atoms in total. The van der Waals surface area contributed by atoms with E-state index in [0.29, 0.717) is 11.8 Å². The molecule has 2 atom stereocenters. The molecule has 0 spiro atoms. The third-order valence-corrected chi connectivity index (χ3v) is 3.62. The van der Waals surface area contributed by atoms with Crippen LogP contribution in [0.25, 0.3) is 0 Å². The van der Waals surface area contributed by atoms with E-state index in [1.807, 2.05) is 25.1 Å². The molecule has 84 valence electrons. The van der Waals surface area contributed by atoms with Gasteiger partial charge in [0, 0.05) is 9.80 Å². The van der Waals surface area contributed by atoms with Gasteiger partial charge in [0.25, 0.3) is 0 Å². The number of hydrogen-bond acceptors (Lipinski definition) is 2. The quantitative estimate of drug-likeness (QED) is 0.829. The molecule has 0 bridgehead atoms. The number of rotatable bonds is 4. The topological polar surface area (TPSA) is 40.5 Å². The Morgan fingerprint density at radius 3 is 2.53 bits per heavy atom. The fourth-order valence-electron chi connectivity index (χ4n) is 1.28. The molecular weight excluding hydrogens is 324 g/mol. The lowest BCUT2D eigenvalue weighted by Gasteiger charge is -2.17. The molecule has 2 unspecified atom stereocenters. The molecule has 0 aliphatic carbocycles. The normalized spacial score (nSPS) is 15.0. The van der Waals surface area contributed by atoms with Gasteiger partial charge in [-0.3, -0.25) is 0 Å². The highest BCUT2D eigenvalue weighted by atomic mass is 79.9. The minimum Gasteiger partial charge on any atom is -0.390 e. The Hall–Kier alpha value is 0.1000. The van der Waals surface area contributed by atoms with Crippen LogP contribution in [0.5, 0.6) is 0 Å². The number of hydrogen-bond donors (Lipinski definition) is 2. The standard InChI is InChI=1S/C11H14Br2O2/c1-7-2-3-8(6-9(7)13)11(15)10(14)4-5-12/h2-3,6,10-11,14-15H,4-5H2,1H3.